The second-order valence-electron chi connectivity index (χ2n) is 5.62. The maximum atomic E-state index is 12.7. The number of rotatable bonds is 8. The van der Waals surface area contributed by atoms with E-state index in [0.717, 1.165) is 34.5 Å². The van der Waals surface area contributed by atoms with Crippen LogP contribution in [0.15, 0.2) is 41.7 Å². The molecular weight excluding hydrogens is 377 g/mol. The standard InChI is InChI=1S/C18H21N3O3S.K.H/c1-13-16(19-9-8-17(13)24-11-5-10-23-2)12-25(22)18-20-14-6-3-4-7-15(14)21-18;;/h3-4,6-9H,5,10-12H2,1-2H3,(H,20,21);;. The van der Waals surface area contributed by atoms with Gasteiger partial charge in [-0.3, -0.25) is 9.97 Å². The molecule has 2 aromatic heterocycles. The molecule has 3 aromatic rings. The van der Waals surface area contributed by atoms with Crippen molar-refractivity contribution in [3.05, 3.63) is 47.8 Å². The Bertz CT molecular complexity index is 810. The van der Waals surface area contributed by atoms with Gasteiger partial charge in [0.25, 0.3) is 0 Å². The number of para-hydroxylation sites is 2. The third kappa shape index (κ3) is 5.52. The van der Waals surface area contributed by atoms with Gasteiger partial charge in [-0.2, -0.15) is 4.98 Å². The monoisotopic (exact) mass is 399 g/mol. The molecule has 0 aliphatic heterocycles. The number of nitrogens with one attached hydrogen (secondary N) is 1. The summed E-state index contributed by atoms with van der Waals surface area (Å²) in [7, 11) is 1.67. The normalized spacial score (nSPS) is 12.0. The predicted octanol–water partition coefficient (Wildman–Crippen LogP) is 2.34. The van der Waals surface area contributed by atoms with Crippen molar-refractivity contribution in [3.63, 3.8) is 0 Å². The van der Waals surface area contributed by atoms with Gasteiger partial charge in [0.15, 0.2) is 5.75 Å². The fourth-order valence-electron chi connectivity index (χ4n) is 2.48. The number of imidazole rings is 1. The zero-order valence-corrected chi connectivity index (χ0v) is 15.1. The van der Waals surface area contributed by atoms with Crippen LogP contribution >= 0.6 is 0 Å². The number of H-pyrrole nitrogens is 1. The van der Waals surface area contributed by atoms with Crippen LogP contribution in [0.1, 0.15) is 17.7 Å². The van der Waals surface area contributed by atoms with Crippen molar-refractivity contribution in [2.24, 2.45) is 0 Å². The molecule has 1 aromatic carbocycles. The van der Waals surface area contributed by atoms with E-state index >= 15 is 0 Å². The van der Waals surface area contributed by atoms with E-state index in [9.17, 15) is 4.55 Å². The van der Waals surface area contributed by atoms with Crippen molar-refractivity contribution in [1.82, 2.24) is 15.0 Å². The number of ether oxygens (including phenoxy) is 2. The number of fused-ring (bicyclic) bond motifs is 1. The predicted molar refractivity (Wildman–Crippen MR) is 104 cm³/mol. The number of aromatic amines is 1. The summed E-state index contributed by atoms with van der Waals surface area (Å²) in [5.74, 6) is 1.06. The Kier molecular flexibility index (Phi) is 9.05. The molecule has 0 bridgehead atoms. The molecule has 1 N–H and O–H groups in total. The molecule has 0 saturated carbocycles. The quantitative estimate of drug-likeness (QED) is 0.357. The SMILES string of the molecule is COCCCOc1ccnc(C[S+]([O-])c2nc3ccccc3[nH]2)c1C.[KH]. The van der Waals surface area contributed by atoms with Crippen LogP contribution in [-0.2, 0) is 21.7 Å². The molecule has 1 atom stereocenters. The van der Waals surface area contributed by atoms with Gasteiger partial charge in [-0.05, 0) is 25.1 Å². The second kappa shape index (κ2) is 10.8. The summed E-state index contributed by atoms with van der Waals surface area (Å²) in [4.78, 5) is 11.9. The van der Waals surface area contributed by atoms with Gasteiger partial charge in [0.2, 0.25) is 0 Å². The number of pyridine rings is 1. The van der Waals surface area contributed by atoms with Gasteiger partial charge in [0.1, 0.15) is 5.75 Å². The zero-order valence-electron chi connectivity index (χ0n) is 14.3. The van der Waals surface area contributed by atoms with E-state index in [1.165, 1.54) is 0 Å². The molecule has 1 unspecified atom stereocenters. The van der Waals surface area contributed by atoms with Gasteiger partial charge in [0.05, 0.1) is 23.3 Å². The summed E-state index contributed by atoms with van der Waals surface area (Å²) in [5, 5.41) is 0.466. The molecule has 0 radical (unpaired) electrons. The number of aromatic nitrogens is 3. The Balaban J connectivity index is 0.00000243. The van der Waals surface area contributed by atoms with E-state index in [4.69, 9.17) is 9.47 Å². The van der Waals surface area contributed by atoms with Crippen LogP contribution in [0.5, 0.6) is 5.75 Å². The van der Waals surface area contributed by atoms with Gasteiger partial charge in [0, 0.05) is 43.1 Å². The summed E-state index contributed by atoms with van der Waals surface area (Å²) in [6.45, 7) is 3.17. The van der Waals surface area contributed by atoms with Crippen molar-refractivity contribution >= 4 is 73.6 Å². The Labute approximate surface area is 198 Å². The molecule has 26 heavy (non-hydrogen) atoms. The molecule has 0 aliphatic carbocycles. The van der Waals surface area contributed by atoms with E-state index in [1.54, 1.807) is 13.3 Å². The fraction of sp³-hybridized carbons (Fsp3) is 0.333. The fourth-order valence-corrected chi connectivity index (χ4v) is 3.58. The van der Waals surface area contributed by atoms with Crippen molar-refractivity contribution in [2.75, 3.05) is 20.3 Å². The molecule has 134 valence electrons. The third-order valence-electron chi connectivity index (χ3n) is 3.86. The van der Waals surface area contributed by atoms with Crippen molar-refractivity contribution in [2.45, 2.75) is 24.3 Å². The Morgan fingerprint density at radius 3 is 2.77 bits per heavy atom. The summed E-state index contributed by atoms with van der Waals surface area (Å²) in [6.07, 6.45) is 2.50. The Hall–Kier alpha value is -0.454. The number of hydrogen-bond acceptors (Lipinski definition) is 5. The van der Waals surface area contributed by atoms with Crippen LogP contribution in [0.3, 0.4) is 0 Å². The maximum absolute atomic E-state index is 12.7. The minimum absolute atomic E-state index is 0. The summed E-state index contributed by atoms with van der Waals surface area (Å²) >= 11 is -1.30. The average Bonchev–Trinajstić information content (AvgIpc) is 3.06. The first-order valence-electron chi connectivity index (χ1n) is 8.08. The number of methoxy groups -OCH3 is 1. The number of hydrogen-bond donors (Lipinski definition) is 1. The Morgan fingerprint density at radius 2 is 2.00 bits per heavy atom. The first kappa shape index (κ1) is 21.8. The van der Waals surface area contributed by atoms with E-state index in [0.29, 0.717) is 24.1 Å². The zero-order chi connectivity index (χ0) is 17.6. The van der Waals surface area contributed by atoms with Gasteiger partial charge >= 0.3 is 56.5 Å². The van der Waals surface area contributed by atoms with Gasteiger partial charge < -0.3 is 14.0 Å². The topological polar surface area (TPSA) is 83.1 Å². The Morgan fingerprint density at radius 1 is 1.19 bits per heavy atom. The first-order valence-corrected chi connectivity index (χ1v) is 9.40. The van der Waals surface area contributed by atoms with Crippen molar-refractivity contribution < 1.29 is 14.0 Å². The molecule has 3 rings (SSSR count). The van der Waals surface area contributed by atoms with Gasteiger partial charge in [-0.1, -0.05) is 12.1 Å². The van der Waals surface area contributed by atoms with Crippen LogP contribution in [0.4, 0.5) is 0 Å². The molecule has 0 aliphatic rings. The molecular formula is C18H22KN3O3S. The van der Waals surface area contributed by atoms with Crippen LogP contribution in [0, 0.1) is 6.92 Å². The number of nitrogens with zero attached hydrogens (tertiary/aromatic N) is 2. The van der Waals surface area contributed by atoms with Gasteiger partial charge in [-0.25, -0.2) is 0 Å². The van der Waals surface area contributed by atoms with E-state index in [1.807, 2.05) is 37.3 Å². The summed E-state index contributed by atoms with van der Waals surface area (Å²) in [6, 6.07) is 9.47. The molecule has 0 saturated heterocycles. The molecule has 2 heterocycles. The molecule has 0 amide bonds. The van der Waals surface area contributed by atoms with Gasteiger partial charge in [-0.15, -0.1) is 0 Å². The van der Waals surface area contributed by atoms with Crippen LogP contribution in [-0.4, -0.2) is 91.2 Å². The van der Waals surface area contributed by atoms with Crippen LogP contribution < -0.4 is 4.74 Å². The van der Waals surface area contributed by atoms with Crippen LogP contribution in [0.25, 0.3) is 11.0 Å². The molecule has 8 heteroatoms. The number of benzene rings is 1. The average molecular weight is 400 g/mol. The molecule has 0 fully saturated rings. The molecule has 0 spiro atoms. The van der Waals surface area contributed by atoms with E-state index in [-0.39, 0.29) is 51.4 Å². The summed E-state index contributed by atoms with van der Waals surface area (Å²) < 4.78 is 23.5. The van der Waals surface area contributed by atoms with Crippen molar-refractivity contribution in [1.29, 1.82) is 0 Å². The van der Waals surface area contributed by atoms with E-state index in [2.05, 4.69) is 15.0 Å². The first-order chi connectivity index (χ1) is 12.2. The summed E-state index contributed by atoms with van der Waals surface area (Å²) in [5.41, 5.74) is 3.35. The molecule has 6 nitrogen and oxygen atoms in total. The third-order valence-corrected chi connectivity index (χ3v) is 5.02. The minimum atomic E-state index is -1.30. The van der Waals surface area contributed by atoms with E-state index < -0.39 is 11.2 Å². The van der Waals surface area contributed by atoms with Crippen molar-refractivity contribution in [3.8, 4) is 5.75 Å². The second-order valence-corrected chi connectivity index (χ2v) is 6.99. The van der Waals surface area contributed by atoms with Crippen LogP contribution in [0.2, 0.25) is 0 Å².